The normalized spacial score (nSPS) is 17.2. The highest BCUT2D eigenvalue weighted by Crippen LogP contribution is 2.33. The van der Waals surface area contributed by atoms with E-state index >= 15 is 0 Å². The van der Waals surface area contributed by atoms with E-state index in [1.807, 2.05) is 51.1 Å². The molecule has 2 saturated heterocycles. The number of carboxylic acid groups (broad SMARTS) is 1. The smallest absolute Gasteiger partial charge is 0.305 e. The highest BCUT2D eigenvalue weighted by Gasteiger charge is 2.27. The molecule has 2 amide bonds. The maximum Gasteiger partial charge on any atom is 0.305 e. The Bertz CT molecular complexity index is 1560. The van der Waals surface area contributed by atoms with Crippen LogP contribution in [0.15, 0.2) is 48.5 Å². The lowest BCUT2D eigenvalue weighted by atomic mass is 9.92. The number of benzene rings is 2. The fraction of sp³-hybridized carbons (Fsp3) is 0.486. The molecule has 11 nitrogen and oxygen atoms in total. The molecule has 2 N–H and O–H groups in total. The third-order valence-corrected chi connectivity index (χ3v) is 8.70. The number of piperazine rings is 1. The summed E-state index contributed by atoms with van der Waals surface area (Å²) in [6.07, 6.45) is 0.975. The quantitative estimate of drug-likeness (QED) is 0.339. The van der Waals surface area contributed by atoms with Crippen molar-refractivity contribution in [3.8, 4) is 11.1 Å². The lowest BCUT2D eigenvalue weighted by Crippen LogP contribution is -2.44. The summed E-state index contributed by atoms with van der Waals surface area (Å²) < 4.78 is 7.23. The first-order valence-corrected chi connectivity index (χ1v) is 16.0. The van der Waals surface area contributed by atoms with Gasteiger partial charge in [0.2, 0.25) is 0 Å². The summed E-state index contributed by atoms with van der Waals surface area (Å²) in [5.41, 5.74) is 5.41. The predicted molar refractivity (Wildman–Crippen MR) is 178 cm³/mol. The predicted octanol–water partition coefficient (Wildman–Crippen LogP) is 4.37. The van der Waals surface area contributed by atoms with Crippen molar-refractivity contribution in [2.75, 3.05) is 56.6 Å². The van der Waals surface area contributed by atoms with E-state index in [0.29, 0.717) is 18.7 Å². The number of aryl methyl sites for hydroxylation is 1. The van der Waals surface area contributed by atoms with Crippen LogP contribution >= 0.6 is 0 Å². The van der Waals surface area contributed by atoms with Gasteiger partial charge < -0.3 is 29.9 Å². The number of aliphatic carboxylic acids is 1. The average Bonchev–Trinajstić information content (AvgIpc) is 3.70. The van der Waals surface area contributed by atoms with Crippen molar-refractivity contribution in [3.63, 3.8) is 0 Å². The van der Waals surface area contributed by atoms with E-state index in [1.54, 1.807) is 22.7 Å². The van der Waals surface area contributed by atoms with Gasteiger partial charge >= 0.3 is 5.97 Å². The first-order chi connectivity index (χ1) is 21.9. The average molecular weight is 631 g/mol. The number of aromatic nitrogens is 2. The van der Waals surface area contributed by atoms with E-state index in [4.69, 9.17) is 4.74 Å². The van der Waals surface area contributed by atoms with Gasteiger partial charge in [-0.1, -0.05) is 45.0 Å². The zero-order valence-corrected chi connectivity index (χ0v) is 27.6. The van der Waals surface area contributed by atoms with Crippen molar-refractivity contribution < 1.29 is 24.2 Å². The van der Waals surface area contributed by atoms with E-state index in [0.717, 1.165) is 66.4 Å². The van der Waals surface area contributed by atoms with Gasteiger partial charge in [0.15, 0.2) is 0 Å². The molecule has 246 valence electrons. The monoisotopic (exact) mass is 630 g/mol. The van der Waals surface area contributed by atoms with Gasteiger partial charge in [0.25, 0.3) is 11.8 Å². The molecular formula is C35H46N6O5. The Morgan fingerprint density at radius 3 is 2.41 bits per heavy atom. The number of hydrogen-bond acceptors (Lipinski definition) is 7. The van der Waals surface area contributed by atoms with Gasteiger partial charge in [0.1, 0.15) is 11.8 Å². The first-order valence-electron chi connectivity index (χ1n) is 16.0. The minimum Gasteiger partial charge on any atom is -0.481 e. The third kappa shape index (κ3) is 7.94. The number of carboxylic acids is 1. The van der Waals surface area contributed by atoms with Crippen LogP contribution in [0.25, 0.3) is 11.1 Å². The molecule has 46 heavy (non-hydrogen) atoms. The Hall–Kier alpha value is -4.22. The maximum atomic E-state index is 13.8. The number of anilines is 2. The van der Waals surface area contributed by atoms with Crippen molar-refractivity contribution in [3.05, 3.63) is 65.5 Å². The van der Waals surface area contributed by atoms with Crippen molar-refractivity contribution in [2.24, 2.45) is 7.05 Å². The SMILES string of the molecule is CN1CCN(c2ccc(-c3cccc(CN(CCC(=O)O)C(=O)c4cc(C(C)(C)C)nn4C)c3)cc2NC(=O)C2CCCO2)CC1. The van der Waals surface area contributed by atoms with E-state index in [1.165, 1.54) is 0 Å². The summed E-state index contributed by atoms with van der Waals surface area (Å²) in [5.74, 6) is -1.37. The maximum absolute atomic E-state index is 13.8. The van der Waals surface area contributed by atoms with Crippen LogP contribution in [0.1, 0.15) is 61.8 Å². The van der Waals surface area contributed by atoms with Gasteiger partial charge in [-0.2, -0.15) is 5.10 Å². The van der Waals surface area contributed by atoms with Gasteiger partial charge in [0.05, 0.1) is 23.5 Å². The van der Waals surface area contributed by atoms with E-state index in [2.05, 4.69) is 39.4 Å². The lowest BCUT2D eigenvalue weighted by Gasteiger charge is -2.35. The summed E-state index contributed by atoms with van der Waals surface area (Å²) in [6.45, 7) is 10.6. The van der Waals surface area contributed by atoms with Gasteiger partial charge in [-0.3, -0.25) is 19.1 Å². The van der Waals surface area contributed by atoms with E-state index in [-0.39, 0.29) is 36.7 Å². The molecule has 5 rings (SSSR count). The number of nitrogens with zero attached hydrogens (tertiary/aromatic N) is 5. The Labute approximate surface area is 271 Å². The molecule has 2 fully saturated rings. The van der Waals surface area contributed by atoms with Gasteiger partial charge in [-0.25, -0.2) is 0 Å². The zero-order chi connectivity index (χ0) is 33.0. The number of amides is 2. The van der Waals surface area contributed by atoms with Gasteiger partial charge in [0, 0.05) is 58.3 Å². The van der Waals surface area contributed by atoms with Crippen molar-refractivity contribution in [2.45, 2.75) is 58.1 Å². The van der Waals surface area contributed by atoms with Crippen LogP contribution in [0.3, 0.4) is 0 Å². The van der Waals surface area contributed by atoms with Crippen LogP contribution in [-0.2, 0) is 33.3 Å². The second-order valence-electron chi connectivity index (χ2n) is 13.4. The Morgan fingerprint density at radius 2 is 1.76 bits per heavy atom. The number of nitrogens with one attached hydrogen (secondary N) is 1. The standard InChI is InChI=1S/C35H46N6O5/c1-35(2,3)31-22-29(39(5)37-31)34(45)41(14-13-32(42)43)23-24-8-6-9-25(20-24)26-11-12-28(40-17-15-38(4)16-18-40)27(21-26)36-33(44)30-10-7-19-46-30/h6,8-9,11-12,20-22,30H,7,10,13-19,23H2,1-5H3,(H,36,44)(H,42,43). The molecule has 0 bridgehead atoms. The molecule has 2 aliphatic rings. The minimum atomic E-state index is -0.968. The molecule has 0 aliphatic carbocycles. The van der Waals surface area contributed by atoms with E-state index < -0.39 is 12.1 Å². The molecule has 0 saturated carbocycles. The van der Waals surface area contributed by atoms with Crippen molar-refractivity contribution in [1.82, 2.24) is 19.6 Å². The zero-order valence-electron chi connectivity index (χ0n) is 27.6. The summed E-state index contributed by atoms with van der Waals surface area (Å²) in [4.78, 5) is 44.6. The number of carbonyl (C=O) groups is 3. The summed E-state index contributed by atoms with van der Waals surface area (Å²) in [6, 6.07) is 15.8. The Balaban J connectivity index is 1.42. The fourth-order valence-electron chi connectivity index (χ4n) is 5.89. The molecule has 2 aromatic carbocycles. The highest BCUT2D eigenvalue weighted by atomic mass is 16.5. The molecule has 2 aliphatic heterocycles. The minimum absolute atomic E-state index is 0.0631. The van der Waals surface area contributed by atoms with Crippen LogP contribution < -0.4 is 10.2 Å². The molecule has 11 heteroatoms. The number of rotatable bonds is 10. The molecule has 1 unspecified atom stereocenters. The van der Waals surface area contributed by atoms with Crippen LogP contribution in [-0.4, -0.2) is 95.0 Å². The largest absolute Gasteiger partial charge is 0.481 e. The summed E-state index contributed by atoms with van der Waals surface area (Å²) in [5, 5.41) is 17.1. The molecular weight excluding hydrogens is 584 g/mol. The number of likely N-dealkylation sites (N-methyl/N-ethyl adjacent to an activating group) is 1. The number of ether oxygens (including phenoxy) is 1. The molecule has 0 radical (unpaired) electrons. The lowest BCUT2D eigenvalue weighted by molar-refractivity contribution is -0.137. The Kier molecular flexibility index (Phi) is 10.1. The highest BCUT2D eigenvalue weighted by molar-refractivity contribution is 5.98. The molecule has 0 spiro atoms. The Morgan fingerprint density at radius 1 is 1.02 bits per heavy atom. The van der Waals surface area contributed by atoms with Crippen LogP contribution in [0.2, 0.25) is 0 Å². The number of carbonyl (C=O) groups excluding carboxylic acids is 2. The van der Waals surface area contributed by atoms with E-state index in [9.17, 15) is 19.5 Å². The van der Waals surface area contributed by atoms with Crippen LogP contribution in [0.4, 0.5) is 11.4 Å². The van der Waals surface area contributed by atoms with Crippen molar-refractivity contribution in [1.29, 1.82) is 0 Å². The van der Waals surface area contributed by atoms with Gasteiger partial charge in [-0.15, -0.1) is 0 Å². The second kappa shape index (κ2) is 14.0. The first kappa shape index (κ1) is 33.2. The third-order valence-electron chi connectivity index (χ3n) is 8.70. The molecule has 1 atom stereocenters. The van der Waals surface area contributed by atoms with Gasteiger partial charge in [-0.05, 0) is 60.8 Å². The number of hydrogen-bond donors (Lipinski definition) is 2. The molecule has 3 heterocycles. The van der Waals surface area contributed by atoms with Crippen LogP contribution in [0, 0.1) is 0 Å². The molecule has 3 aromatic rings. The van der Waals surface area contributed by atoms with Crippen LogP contribution in [0.5, 0.6) is 0 Å². The molecule has 1 aromatic heterocycles. The fourth-order valence-corrected chi connectivity index (χ4v) is 5.89. The second-order valence-corrected chi connectivity index (χ2v) is 13.4. The summed E-state index contributed by atoms with van der Waals surface area (Å²) >= 11 is 0. The summed E-state index contributed by atoms with van der Waals surface area (Å²) in [7, 11) is 3.85. The van der Waals surface area contributed by atoms with Crippen molar-refractivity contribution >= 4 is 29.2 Å². The topological polar surface area (TPSA) is 120 Å².